The molecule has 1 N–H and O–H groups in total. The van der Waals surface area contributed by atoms with Crippen LogP contribution < -0.4 is 4.90 Å². The van der Waals surface area contributed by atoms with Gasteiger partial charge in [0.1, 0.15) is 4.88 Å². The summed E-state index contributed by atoms with van der Waals surface area (Å²) in [7, 11) is -2.63. The highest BCUT2D eigenvalue weighted by atomic mass is 32.1. The Morgan fingerprint density at radius 1 is 1.00 bits per heavy atom. The number of fused-ring (bicyclic) bond motifs is 1. The van der Waals surface area contributed by atoms with Crippen LogP contribution in [0, 0.1) is 11.8 Å². The standard InChI is InChI=1S/C33H39N4O5PS/c1-21-5-7-24(8-6-21)32(38)37(25-13-15-26(16-14-25)42-43(2,3)41)28-20-29(44-31(28)33(39)40)23-11-9-22(10-12-23)27-19-30-34-17-4-18-36(30)35-27/h4,9-12,17-21,24-26H,5-8,13-16H2,1-3H3,(H,39,40). The van der Waals surface area contributed by atoms with Crippen LogP contribution in [0.5, 0.6) is 0 Å². The number of aromatic carboxylic acids is 1. The number of hydrogen-bond acceptors (Lipinski definition) is 7. The number of carbonyl (C=O) groups is 2. The normalized spacial score (nSPS) is 22.6. The molecule has 2 aliphatic carbocycles. The molecule has 0 spiro atoms. The quantitative estimate of drug-likeness (QED) is 0.196. The largest absolute Gasteiger partial charge is 0.477 e. The maximum atomic E-state index is 14.3. The molecule has 0 radical (unpaired) electrons. The van der Waals surface area contributed by atoms with Crippen LogP contribution in [0.3, 0.4) is 0 Å². The zero-order chi connectivity index (χ0) is 31.0. The summed E-state index contributed by atoms with van der Waals surface area (Å²) >= 11 is 1.21. The molecule has 44 heavy (non-hydrogen) atoms. The van der Waals surface area contributed by atoms with Crippen LogP contribution in [-0.2, 0) is 13.9 Å². The third-order valence-corrected chi connectivity index (χ3v) is 10.8. The summed E-state index contributed by atoms with van der Waals surface area (Å²) in [4.78, 5) is 34.0. The fourth-order valence-electron chi connectivity index (χ4n) is 6.60. The lowest BCUT2D eigenvalue weighted by molar-refractivity contribution is -0.124. The molecule has 3 aromatic heterocycles. The fourth-order valence-corrected chi connectivity index (χ4v) is 8.52. The molecule has 0 saturated heterocycles. The van der Waals surface area contributed by atoms with E-state index in [4.69, 9.17) is 4.52 Å². The van der Waals surface area contributed by atoms with Gasteiger partial charge in [0.2, 0.25) is 5.91 Å². The molecule has 0 unspecified atom stereocenters. The highest BCUT2D eigenvalue weighted by molar-refractivity contribution is 7.57. The summed E-state index contributed by atoms with van der Waals surface area (Å²) in [6, 6.07) is 13.4. The lowest BCUT2D eigenvalue weighted by atomic mass is 9.81. The van der Waals surface area contributed by atoms with Gasteiger partial charge in [0.15, 0.2) is 13.0 Å². The molecule has 0 bridgehead atoms. The maximum Gasteiger partial charge on any atom is 0.348 e. The van der Waals surface area contributed by atoms with E-state index in [-0.39, 0.29) is 28.8 Å². The zero-order valence-corrected chi connectivity index (χ0v) is 27.1. The molecular weight excluding hydrogens is 595 g/mol. The molecule has 11 heteroatoms. The predicted octanol–water partition coefficient (Wildman–Crippen LogP) is 7.85. The van der Waals surface area contributed by atoms with Crippen molar-refractivity contribution in [3.8, 4) is 21.7 Å². The minimum absolute atomic E-state index is 0.0283. The molecule has 4 aromatic rings. The van der Waals surface area contributed by atoms with E-state index in [1.165, 1.54) is 11.3 Å². The number of hydrogen-bond donors (Lipinski definition) is 1. The molecule has 6 rings (SSSR count). The number of amides is 1. The van der Waals surface area contributed by atoms with Gasteiger partial charge in [-0.15, -0.1) is 11.3 Å². The van der Waals surface area contributed by atoms with E-state index < -0.39 is 13.3 Å². The van der Waals surface area contributed by atoms with Gasteiger partial charge < -0.3 is 14.5 Å². The van der Waals surface area contributed by atoms with Crippen molar-refractivity contribution in [1.82, 2.24) is 14.6 Å². The number of anilines is 1. The van der Waals surface area contributed by atoms with Gasteiger partial charge in [-0.05, 0) is 75.0 Å². The lowest BCUT2D eigenvalue weighted by Gasteiger charge is -2.39. The topological polar surface area (TPSA) is 114 Å². The molecule has 2 aliphatic rings. The zero-order valence-electron chi connectivity index (χ0n) is 25.4. The van der Waals surface area contributed by atoms with Crippen molar-refractivity contribution in [2.45, 2.75) is 70.4 Å². The Morgan fingerprint density at radius 2 is 1.68 bits per heavy atom. The van der Waals surface area contributed by atoms with Crippen LogP contribution in [-0.4, -0.2) is 57.1 Å². The van der Waals surface area contributed by atoms with Gasteiger partial charge in [0.05, 0.1) is 17.5 Å². The Kier molecular flexibility index (Phi) is 8.77. The highest BCUT2D eigenvalue weighted by Gasteiger charge is 2.38. The van der Waals surface area contributed by atoms with Gasteiger partial charge >= 0.3 is 5.97 Å². The first kappa shape index (κ1) is 30.7. The second-order valence-corrected chi connectivity index (χ2v) is 16.4. The van der Waals surface area contributed by atoms with Crippen LogP contribution in [0.15, 0.2) is 54.9 Å². The molecule has 2 saturated carbocycles. The molecule has 232 valence electrons. The molecular formula is C33H39N4O5PS. The summed E-state index contributed by atoms with van der Waals surface area (Å²) < 4.78 is 19.9. The first-order valence-corrected chi connectivity index (χ1v) is 18.7. The Morgan fingerprint density at radius 3 is 2.32 bits per heavy atom. The third kappa shape index (κ3) is 6.67. The van der Waals surface area contributed by atoms with Gasteiger partial charge in [0.25, 0.3) is 0 Å². The van der Waals surface area contributed by atoms with Crippen molar-refractivity contribution in [3.05, 3.63) is 59.7 Å². The third-order valence-electron chi connectivity index (χ3n) is 8.88. The van der Waals surface area contributed by atoms with Crippen LogP contribution in [0.2, 0.25) is 0 Å². The second-order valence-electron chi connectivity index (χ2n) is 12.6. The molecule has 0 atom stereocenters. The van der Waals surface area contributed by atoms with Crippen molar-refractivity contribution in [1.29, 1.82) is 0 Å². The fraction of sp³-hybridized carbons (Fsp3) is 0.455. The Balaban J connectivity index is 1.31. The number of carboxylic acids is 1. The van der Waals surface area contributed by atoms with E-state index >= 15 is 0 Å². The molecule has 2 fully saturated rings. The average Bonchev–Trinajstić information content (AvgIpc) is 3.63. The van der Waals surface area contributed by atoms with E-state index in [9.17, 15) is 19.3 Å². The lowest BCUT2D eigenvalue weighted by Crippen LogP contribution is -2.47. The van der Waals surface area contributed by atoms with Gasteiger partial charge in [0, 0.05) is 54.2 Å². The van der Waals surface area contributed by atoms with Crippen molar-refractivity contribution in [3.63, 3.8) is 0 Å². The number of aromatic nitrogens is 3. The van der Waals surface area contributed by atoms with E-state index in [1.807, 2.05) is 53.6 Å². The van der Waals surface area contributed by atoms with Gasteiger partial charge in [-0.2, -0.15) is 5.10 Å². The van der Waals surface area contributed by atoms with E-state index in [0.717, 1.165) is 53.0 Å². The monoisotopic (exact) mass is 634 g/mol. The van der Waals surface area contributed by atoms with Crippen molar-refractivity contribution in [2.75, 3.05) is 18.2 Å². The van der Waals surface area contributed by atoms with E-state index in [1.54, 1.807) is 24.0 Å². The van der Waals surface area contributed by atoms with Crippen LogP contribution in [0.25, 0.3) is 27.3 Å². The summed E-state index contributed by atoms with van der Waals surface area (Å²) in [5, 5.41) is 14.9. The summed E-state index contributed by atoms with van der Waals surface area (Å²) in [5.74, 6) is -0.521. The molecule has 1 amide bonds. The second kappa shape index (κ2) is 12.6. The first-order valence-electron chi connectivity index (χ1n) is 15.4. The minimum Gasteiger partial charge on any atom is -0.477 e. The summed E-state index contributed by atoms with van der Waals surface area (Å²) in [6.07, 6.45) is 9.83. The molecule has 1 aromatic carbocycles. The molecule has 3 heterocycles. The Hall–Kier alpha value is -3.33. The Labute approximate surface area is 261 Å². The van der Waals surface area contributed by atoms with Crippen molar-refractivity contribution < 1.29 is 23.8 Å². The average molecular weight is 635 g/mol. The molecule has 0 aliphatic heterocycles. The first-order chi connectivity index (χ1) is 21.1. The highest BCUT2D eigenvalue weighted by Crippen LogP contribution is 2.45. The maximum absolute atomic E-state index is 14.3. The van der Waals surface area contributed by atoms with E-state index in [0.29, 0.717) is 37.3 Å². The summed E-state index contributed by atoms with van der Waals surface area (Å²) in [6.45, 7) is 5.49. The minimum atomic E-state index is -2.63. The van der Waals surface area contributed by atoms with Gasteiger partial charge in [-0.3, -0.25) is 9.36 Å². The number of carboxylic acid groups (broad SMARTS) is 1. The van der Waals surface area contributed by atoms with E-state index in [2.05, 4.69) is 17.0 Å². The number of benzene rings is 1. The van der Waals surface area contributed by atoms with Crippen LogP contribution in [0.1, 0.15) is 68.0 Å². The number of thiophene rings is 1. The number of carbonyl (C=O) groups excluding carboxylic acids is 1. The predicted molar refractivity (Wildman–Crippen MR) is 174 cm³/mol. The Bertz CT molecular complexity index is 1660. The molecule has 9 nitrogen and oxygen atoms in total. The number of rotatable bonds is 8. The van der Waals surface area contributed by atoms with Crippen LogP contribution in [0.4, 0.5) is 5.69 Å². The van der Waals surface area contributed by atoms with Gasteiger partial charge in [-0.1, -0.05) is 31.2 Å². The SMILES string of the molecule is CC1CCC(C(=O)N(c2cc(-c3ccc(-c4cc5ncccn5n4)cc3)sc2C(=O)O)C2CCC(OP(C)(C)=O)CC2)CC1. The number of nitrogens with zero attached hydrogens (tertiary/aromatic N) is 4. The van der Waals surface area contributed by atoms with Crippen LogP contribution >= 0.6 is 18.7 Å². The van der Waals surface area contributed by atoms with Gasteiger partial charge in [-0.25, -0.2) is 14.3 Å². The van der Waals surface area contributed by atoms with Crippen molar-refractivity contribution >= 4 is 41.9 Å². The smallest absolute Gasteiger partial charge is 0.348 e. The van der Waals surface area contributed by atoms with Crippen molar-refractivity contribution in [2.24, 2.45) is 11.8 Å². The summed E-state index contributed by atoms with van der Waals surface area (Å²) in [5.41, 5.74) is 3.86.